The molecule has 0 fully saturated rings. The molecule has 0 aliphatic rings. The third-order valence-electron chi connectivity index (χ3n) is 9.41. The summed E-state index contributed by atoms with van der Waals surface area (Å²) < 4.78 is 14.9. The molecule has 8 rings (SSSR count). The average Bonchev–Trinajstić information content (AvgIpc) is 3.88. The Labute approximate surface area is 352 Å². The maximum Gasteiger partial charge on any atom is 0.138 e. The minimum absolute atomic E-state index is 0. The molecule has 8 aromatic rings. The minimum Gasteiger partial charge on any atom is -0.492 e. The standard InChI is InChI=1S/2C24H23N3O.2ClH/c2*1-3-18-5-7-19(8-6-18)9-10-20-11-13-23-22(15-20)26-17-27(23)24-14-12-21(16-25-24)28-4-2;;/h2*5-17H,3-4H2,1-2H3;2*1H/b10-9+;10-9-;;. The molecule has 8 nitrogen and oxygen atoms in total. The molecular weight excluding hydrogens is 763 g/mol. The second-order valence-corrected chi connectivity index (χ2v) is 13.2. The van der Waals surface area contributed by atoms with Gasteiger partial charge in [0.2, 0.25) is 0 Å². The molecule has 0 spiro atoms. The highest BCUT2D eigenvalue weighted by molar-refractivity contribution is 5.86. The summed E-state index contributed by atoms with van der Waals surface area (Å²) in [4.78, 5) is 18.1. The Hall–Kier alpha value is -6.22. The number of rotatable bonds is 12. The van der Waals surface area contributed by atoms with Crippen molar-refractivity contribution in [1.29, 1.82) is 0 Å². The molecule has 0 radical (unpaired) electrons. The van der Waals surface area contributed by atoms with Gasteiger partial charge in [-0.3, -0.25) is 9.13 Å². The lowest BCUT2D eigenvalue weighted by Gasteiger charge is -2.06. The van der Waals surface area contributed by atoms with Gasteiger partial charge >= 0.3 is 0 Å². The van der Waals surface area contributed by atoms with E-state index in [1.807, 2.05) is 59.9 Å². The van der Waals surface area contributed by atoms with Gasteiger partial charge in [0.05, 0.1) is 47.7 Å². The van der Waals surface area contributed by atoms with Crippen LogP contribution in [-0.4, -0.2) is 42.3 Å². The summed E-state index contributed by atoms with van der Waals surface area (Å²) in [5.74, 6) is 3.20. The second kappa shape index (κ2) is 20.8. The number of pyridine rings is 2. The molecule has 4 heterocycles. The summed E-state index contributed by atoms with van der Waals surface area (Å²) >= 11 is 0. The zero-order valence-corrected chi connectivity index (χ0v) is 34.8. The van der Waals surface area contributed by atoms with Crippen molar-refractivity contribution >= 4 is 71.2 Å². The predicted octanol–water partition coefficient (Wildman–Crippen LogP) is 11.9. The van der Waals surface area contributed by atoms with E-state index in [1.165, 1.54) is 22.3 Å². The van der Waals surface area contributed by atoms with Gasteiger partial charge in [-0.15, -0.1) is 24.8 Å². The average molecular weight is 812 g/mol. The van der Waals surface area contributed by atoms with Gasteiger partial charge in [-0.1, -0.05) is 98.8 Å². The lowest BCUT2D eigenvalue weighted by atomic mass is 10.1. The lowest BCUT2D eigenvalue weighted by molar-refractivity contribution is 0.338. The first kappa shape index (κ1) is 42.9. The van der Waals surface area contributed by atoms with Crippen molar-refractivity contribution in [2.75, 3.05) is 13.2 Å². The van der Waals surface area contributed by atoms with Crippen molar-refractivity contribution in [3.63, 3.8) is 0 Å². The summed E-state index contributed by atoms with van der Waals surface area (Å²) in [7, 11) is 0. The Bertz CT molecular complexity index is 2380. The van der Waals surface area contributed by atoms with Crippen LogP contribution in [0.25, 0.3) is 58.0 Å². The highest BCUT2D eigenvalue weighted by Crippen LogP contribution is 2.23. The van der Waals surface area contributed by atoms with Gasteiger partial charge in [-0.25, -0.2) is 19.9 Å². The Morgan fingerprint density at radius 2 is 0.828 bits per heavy atom. The van der Waals surface area contributed by atoms with Crippen molar-refractivity contribution in [3.8, 4) is 23.1 Å². The van der Waals surface area contributed by atoms with Gasteiger partial charge in [0.1, 0.15) is 35.8 Å². The molecule has 0 aliphatic heterocycles. The number of fused-ring (bicyclic) bond motifs is 2. The van der Waals surface area contributed by atoms with E-state index in [2.05, 4.69) is 143 Å². The van der Waals surface area contributed by atoms with Crippen LogP contribution in [0.1, 0.15) is 61.1 Å². The topological polar surface area (TPSA) is 79.9 Å². The van der Waals surface area contributed by atoms with E-state index in [4.69, 9.17) is 9.47 Å². The number of nitrogens with zero attached hydrogens (tertiary/aromatic N) is 6. The van der Waals surface area contributed by atoms with Crippen LogP contribution in [-0.2, 0) is 12.8 Å². The van der Waals surface area contributed by atoms with Crippen LogP contribution >= 0.6 is 24.8 Å². The molecule has 0 saturated heterocycles. The third kappa shape index (κ3) is 10.6. The first-order chi connectivity index (χ1) is 27.5. The number of ether oxygens (including phenoxy) is 2. The van der Waals surface area contributed by atoms with Gasteiger partial charge in [0.25, 0.3) is 0 Å². The zero-order valence-electron chi connectivity index (χ0n) is 33.2. The van der Waals surface area contributed by atoms with Crippen molar-refractivity contribution in [2.24, 2.45) is 0 Å². The monoisotopic (exact) mass is 810 g/mol. The molecule has 296 valence electrons. The highest BCUT2D eigenvalue weighted by atomic mass is 35.5. The molecule has 58 heavy (non-hydrogen) atoms. The molecule has 0 amide bonds. The molecule has 0 aliphatic carbocycles. The third-order valence-corrected chi connectivity index (χ3v) is 9.41. The maximum atomic E-state index is 5.46. The molecule has 0 atom stereocenters. The summed E-state index contributed by atoms with van der Waals surface area (Å²) in [5.41, 5.74) is 11.3. The van der Waals surface area contributed by atoms with Crippen LogP contribution in [0.4, 0.5) is 0 Å². The van der Waals surface area contributed by atoms with Crippen LogP contribution in [0.3, 0.4) is 0 Å². The quantitative estimate of drug-likeness (QED) is 0.114. The van der Waals surface area contributed by atoms with Gasteiger partial charge in [-0.2, -0.15) is 0 Å². The van der Waals surface area contributed by atoms with E-state index in [1.54, 1.807) is 12.4 Å². The number of aromatic nitrogens is 6. The maximum absolute atomic E-state index is 5.46. The van der Waals surface area contributed by atoms with Gasteiger partial charge in [0.15, 0.2) is 0 Å². The highest BCUT2D eigenvalue weighted by Gasteiger charge is 2.08. The van der Waals surface area contributed by atoms with E-state index in [0.717, 1.165) is 69.2 Å². The fourth-order valence-electron chi connectivity index (χ4n) is 6.28. The van der Waals surface area contributed by atoms with E-state index in [9.17, 15) is 0 Å². The Morgan fingerprint density at radius 1 is 0.448 bits per heavy atom. The lowest BCUT2D eigenvalue weighted by Crippen LogP contribution is -1.97. The Kier molecular flexibility index (Phi) is 15.4. The van der Waals surface area contributed by atoms with Gasteiger partial charge in [0, 0.05) is 0 Å². The number of aryl methyl sites for hydroxylation is 2. The van der Waals surface area contributed by atoms with Crippen LogP contribution in [0.5, 0.6) is 11.5 Å². The first-order valence-corrected chi connectivity index (χ1v) is 19.2. The molecule has 4 aromatic heterocycles. The smallest absolute Gasteiger partial charge is 0.138 e. The van der Waals surface area contributed by atoms with Crippen LogP contribution in [0, 0.1) is 0 Å². The van der Waals surface area contributed by atoms with Crippen molar-refractivity contribution in [1.82, 2.24) is 29.1 Å². The second-order valence-electron chi connectivity index (χ2n) is 13.2. The number of halogens is 2. The molecule has 0 bridgehead atoms. The number of imidazole rings is 2. The normalized spacial score (nSPS) is 11.0. The van der Waals surface area contributed by atoms with Crippen molar-refractivity contribution < 1.29 is 9.47 Å². The first-order valence-electron chi connectivity index (χ1n) is 19.2. The molecule has 10 heteroatoms. The van der Waals surface area contributed by atoms with Crippen LogP contribution in [0.15, 0.2) is 134 Å². The summed E-state index contributed by atoms with van der Waals surface area (Å²) in [6.45, 7) is 9.53. The van der Waals surface area contributed by atoms with E-state index >= 15 is 0 Å². The fraction of sp³-hybridized carbons (Fsp3) is 0.167. The Morgan fingerprint density at radius 3 is 1.17 bits per heavy atom. The summed E-state index contributed by atoms with van der Waals surface area (Å²) in [6.07, 6.45) is 17.7. The van der Waals surface area contributed by atoms with Gasteiger partial charge < -0.3 is 9.47 Å². The van der Waals surface area contributed by atoms with E-state index < -0.39 is 0 Å². The molecule has 0 unspecified atom stereocenters. The minimum atomic E-state index is 0. The Balaban J connectivity index is 0.000000214. The molecule has 0 N–H and O–H groups in total. The molecule has 4 aromatic carbocycles. The van der Waals surface area contributed by atoms with E-state index in [0.29, 0.717) is 13.2 Å². The van der Waals surface area contributed by atoms with Crippen LogP contribution < -0.4 is 9.47 Å². The zero-order chi connectivity index (χ0) is 38.7. The summed E-state index contributed by atoms with van der Waals surface area (Å²) in [5, 5.41) is 0. The fourth-order valence-corrected chi connectivity index (χ4v) is 6.28. The molecular formula is C48H48Cl2N6O2. The number of benzene rings is 4. The molecule has 0 saturated carbocycles. The van der Waals surface area contributed by atoms with Gasteiger partial charge in [-0.05, 0) is 109 Å². The van der Waals surface area contributed by atoms with Crippen LogP contribution in [0.2, 0.25) is 0 Å². The van der Waals surface area contributed by atoms with E-state index in [-0.39, 0.29) is 24.8 Å². The SMILES string of the molecule is CCOc1ccc(-n2cnc3cc(/C=C/c4ccc(CC)cc4)ccc32)nc1.CCOc1ccc(-n2cnc3cc(/C=C\c4ccc(CC)cc4)ccc32)nc1.Cl.Cl. The van der Waals surface area contributed by atoms with Crippen molar-refractivity contribution in [2.45, 2.75) is 40.5 Å². The number of hydrogen-bond donors (Lipinski definition) is 0. The summed E-state index contributed by atoms with van der Waals surface area (Å²) in [6, 6.07) is 37.6. The van der Waals surface area contributed by atoms with Crippen molar-refractivity contribution in [3.05, 3.63) is 168 Å². The largest absolute Gasteiger partial charge is 0.492 e. The predicted molar refractivity (Wildman–Crippen MR) is 244 cm³/mol. The number of hydrogen-bond acceptors (Lipinski definition) is 6.